The van der Waals surface area contributed by atoms with E-state index in [0.717, 1.165) is 21.8 Å². The van der Waals surface area contributed by atoms with Crippen molar-refractivity contribution < 1.29 is 4.39 Å². The van der Waals surface area contributed by atoms with Gasteiger partial charge >= 0.3 is 0 Å². The lowest BCUT2D eigenvalue weighted by Crippen LogP contribution is -2.01. The van der Waals surface area contributed by atoms with Gasteiger partial charge in [-0.15, -0.1) is 0 Å². The number of nitrogens with zero attached hydrogens (tertiary/aromatic N) is 2. The molecule has 0 aliphatic carbocycles. The molecule has 1 heterocycles. The highest BCUT2D eigenvalue weighted by atomic mass is 79.9. The van der Waals surface area contributed by atoms with Crippen LogP contribution in [0.25, 0.3) is 0 Å². The average molecular weight is 323 g/mol. The third-order valence-corrected chi connectivity index (χ3v) is 3.57. The Morgan fingerprint density at radius 3 is 2.94 bits per heavy atom. The molecule has 0 spiro atoms. The van der Waals surface area contributed by atoms with Crippen LogP contribution < -0.4 is 5.32 Å². The molecule has 0 bridgehead atoms. The normalized spacial score (nSPS) is 10.4. The Balaban J connectivity index is 2.10. The number of rotatable bonds is 3. The fourth-order valence-electron chi connectivity index (χ4n) is 1.14. The summed E-state index contributed by atoms with van der Waals surface area (Å²) in [6.07, 6.45) is 0. The van der Waals surface area contributed by atoms with Crippen LogP contribution in [0.5, 0.6) is 0 Å². The minimum absolute atomic E-state index is 0.275. The standard InChI is InChI=1S/C9H6BrClFN3S/c10-7-2-1-6(12)3-5(7)4-13-9-8(11)14-16-15-9/h1-3H,4H2,(H,13,15). The van der Waals surface area contributed by atoms with Gasteiger partial charge in [0.15, 0.2) is 11.0 Å². The van der Waals surface area contributed by atoms with E-state index in [0.29, 0.717) is 17.5 Å². The molecule has 16 heavy (non-hydrogen) atoms. The van der Waals surface area contributed by atoms with Crippen molar-refractivity contribution in [2.75, 3.05) is 5.32 Å². The van der Waals surface area contributed by atoms with Gasteiger partial charge in [0.25, 0.3) is 0 Å². The first-order valence-corrected chi connectivity index (χ1v) is 6.23. The van der Waals surface area contributed by atoms with Crippen molar-refractivity contribution in [2.24, 2.45) is 0 Å². The van der Waals surface area contributed by atoms with Crippen LogP contribution in [0.1, 0.15) is 5.56 Å². The second kappa shape index (κ2) is 5.07. The minimum Gasteiger partial charge on any atom is -0.362 e. The van der Waals surface area contributed by atoms with E-state index < -0.39 is 0 Å². The monoisotopic (exact) mass is 321 g/mol. The summed E-state index contributed by atoms with van der Waals surface area (Å²) in [6, 6.07) is 4.50. The van der Waals surface area contributed by atoms with Crippen molar-refractivity contribution in [1.82, 2.24) is 8.75 Å². The van der Waals surface area contributed by atoms with Crippen LogP contribution in [0.2, 0.25) is 5.15 Å². The van der Waals surface area contributed by atoms with Gasteiger partial charge in [0.1, 0.15) is 5.82 Å². The molecule has 0 saturated carbocycles. The Labute approximate surface area is 109 Å². The molecule has 0 atom stereocenters. The highest BCUT2D eigenvalue weighted by Crippen LogP contribution is 2.22. The summed E-state index contributed by atoms with van der Waals surface area (Å²) < 4.78 is 21.6. The fourth-order valence-corrected chi connectivity index (χ4v) is 2.21. The van der Waals surface area contributed by atoms with Gasteiger partial charge in [0.2, 0.25) is 0 Å². The number of benzene rings is 1. The summed E-state index contributed by atoms with van der Waals surface area (Å²) in [5.74, 6) is 0.241. The molecule has 3 nitrogen and oxygen atoms in total. The maximum Gasteiger partial charge on any atom is 0.186 e. The smallest absolute Gasteiger partial charge is 0.186 e. The van der Waals surface area contributed by atoms with Gasteiger partial charge in [0, 0.05) is 11.0 Å². The summed E-state index contributed by atoms with van der Waals surface area (Å²) in [6.45, 7) is 0.434. The van der Waals surface area contributed by atoms with Gasteiger partial charge in [0.05, 0.1) is 11.7 Å². The second-order valence-electron chi connectivity index (χ2n) is 2.99. The first kappa shape index (κ1) is 11.8. The van der Waals surface area contributed by atoms with Crippen LogP contribution in [0, 0.1) is 5.82 Å². The Morgan fingerprint density at radius 1 is 1.44 bits per heavy atom. The molecule has 2 aromatic rings. The summed E-state index contributed by atoms with van der Waals surface area (Å²) in [4.78, 5) is 0. The van der Waals surface area contributed by atoms with E-state index in [1.807, 2.05) is 0 Å². The van der Waals surface area contributed by atoms with Crippen molar-refractivity contribution in [3.63, 3.8) is 0 Å². The van der Waals surface area contributed by atoms with Crippen LogP contribution in [0.15, 0.2) is 22.7 Å². The number of halogens is 3. The quantitative estimate of drug-likeness (QED) is 0.936. The Bertz CT molecular complexity index is 505. The second-order valence-corrected chi connectivity index (χ2v) is 4.73. The third kappa shape index (κ3) is 2.69. The summed E-state index contributed by atoms with van der Waals surface area (Å²) in [5.41, 5.74) is 0.795. The molecule has 1 N–H and O–H groups in total. The lowest BCUT2D eigenvalue weighted by Gasteiger charge is -2.05. The molecule has 0 unspecified atom stereocenters. The molecule has 7 heteroatoms. The molecule has 84 valence electrons. The van der Waals surface area contributed by atoms with E-state index in [-0.39, 0.29) is 5.82 Å². The Hall–Kier alpha value is -0.720. The minimum atomic E-state index is -0.275. The number of aromatic nitrogens is 2. The number of hydrogen-bond donors (Lipinski definition) is 1. The number of hydrogen-bond acceptors (Lipinski definition) is 4. The molecule has 0 aliphatic heterocycles. The van der Waals surface area contributed by atoms with Gasteiger partial charge in [-0.25, -0.2) is 4.39 Å². The average Bonchev–Trinajstić information content (AvgIpc) is 2.66. The highest BCUT2D eigenvalue weighted by Gasteiger charge is 2.06. The molecule has 2 rings (SSSR count). The summed E-state index contributed by atoms with van der Waals surface area (Å²) in [5, 5.41) is 3.32. The number of nitrogens with one attached hydrogen (secondary N) is 1. The molecule has 0 aliphatic rings. The van der Waals surface area contributed by atoms with Crippen molar-refractivity contribution in [1.29, 1.82) is 0 Å². The summed E-state index contributed by atoms with van der Waals surface area (Å²) in [7, 11) is 0. The van der Waals surface area contributed by atoms with Crippen molar-refractivity contribution in [3.05, 3.63) is 39.2 Å². The van der Waals surface area contributed by atoms with E-state index in [1.54, 1.807) is 6.07 Å². The SMILES string of the molecule is Fc1ccc(Br)c(CNc2nsnc2Cl)c1. The zero-order valence-corrected chi connectivity index (χ0v) is 11.0. The fraction of sp³-hybridized carbons (Fsp3) is 0.111. The van der Waals surface area contributed by atoms with Gasteiger partial charge in [-0.3, -0.25) is 0 Å². The highest BCUT2D eigenvalue weighted by molar-refractivity contribution is 9.10. The summed E-state index contributed by atoms with van der Waals surface area (Å²) >= 11 is 10.1. The maximum atomic E-state index is 13.0. The lowest BCUT2D eigenvalue weighted by molar-refractivity contribution is 0.625. The zero-order valence-electron chi connectivity index (χ0n) is 7.88. The molecule has 0 amide bonds. The molecular formula is C9H6BrClFN3S. The van der Waals surface area contributed by atoms with E-state index in [9.17, 15) is 4.39 Å². The molecule has 0 saturated heterocycles. The molecule has 1 aromatic carbocycles. The van der Waals surface area contributed by atoms with Crippen LogP contribution in [-0.2, 0) is 6.54 Å². The first-order valence-electron chi connectivity index (χ1n) is 4.32. The molecule has 0 radical (unpaired) electrons. The molecule has 0 fully saturated rings. The van der Waals surface area contributed by atoms with Gasteiger partial charge in [-0.05, 0) is 23.8 Å². The van der Waals surface area contributed by atoms with Crippen LogP contribution >= 0.6 is 39.3 Å². The van der Waals surface area contributed by atoms with E-state index in [1.165, 1.54) is 12.1 Å². The van der Waals surface area contributed by atoms with E-state index >= 15 is 0 Å². The topological polar surface area (TPSA) is 37.8 Å². The van der Waals surface area contributed by atoms with E-state index in [2.05, 4.69) is 30.0 Å². The number of anilines is 1. The predicted octanol–water partition coefficient (Wildman–Crippen LogP) is 3.71. The van der Waals surface area contributed by atoms with Crippen LogP contribution in [0.4, 0.5) is 10.2 Å². The Kier molecular flexibility index (Phi) is 3.73. The largest absolute Gasteiger partial charge is 0.362 e. The Morgan fingerprint density at radius 2 is 2.25 bits per heavy atom. The third-order valence-electron chi connectivity index (χ3n) is 1.90. The predicted molar refractivity (Wildman–Crippen MR) is 66.3 cm³/mol. The van der Waals surface area contributed by atoms with Crippen molar-refractivity contribution in [3.8, 4) is 0 Å². The van der Waals surface area contributed by atoms with Gasteiger partial charge in [-0.1, -0.05) is 27.5 Å². The molecule has 1 aromatic heterocycles. The van der Waals surface area contributed by atoms with Crippen molar-refractivity contribution in [2.45, 2.75) is 6.54 Å². The zero-order chi connectivity index (χ0) is 11.5. The first-order chi connectivity index (χ1) is 7.66. The van der Waals surface area contributed by atoms with Gasteiger partial charge in [-0.2, -0.15) is 8.75 Å². The molecular weight excluding hydrogens is 317 g/mol. The lowest BCUT2D eigenvalue weighted by atomic mass is 10.2. The van der Waals surface area contributed by atoms with Crippen molar-refractivity contribution >= 4 is 45.1 Å². The van der Waals surface area contributed by atoms with E-state index in [4.69, 9.17) is 11.6 Å². The van der Waals surface area contributed by atoms with Crippen LogP contribution in [-0.4, -0.2) is 8.75 Å². The van der Waals surface area contributed by atoms with Gasteiger partial charge < -0.3 is 5.32 Å². The maximum absolute atomic E-state index is 13.0. The van der Waals surface area contributed by atoms with Crippen LogP contribution in [0.3, 0.4) is 0 Å².